The molecule has 1 aliphatic heterocycles. The Morgan fingerprint density at radius 2 is 1.72 bits per heavy atom. The van der Waals surface area contributed by atoms with Crippen LogP contribution in [0, 0.1) is 0 Å². The fourth-order valence-electron chi connectivity index (χ4n) is 3.55. The van der Waals surface area contributed by atoms with Crippen molar-refractivity contribution in [1.29, 1.82) is 0 Å². The number of nitrogens with one attached hydrogen (secondary N) is 1. The Balaban J connectivity index is 1.77. The van der Waals surface area contributed by atoms with E-state index in [1.54, 1.807) is 0 Å². The van der Waals surface area contributed by atoms with Crippen LogP contribution in [-0.4, -0.2) is 31.1 Å². The van der Waals surface area contributed by atoms with Crippen molar-refractivity contribution in [1.82, 2.24) is 10.2 Å². The second-order valence-corrected chi connectivity index (χ2v) is 6.76. The fourth-order valence-corrected chi connectivity index (χ4v) is 3.55. The van der Waals surface area contributed by atoms with Crippen molar-refractivity contribution in [2.75, 3.05) is 26.2 Å². The average Bonchev–Trinajstić information content (AvgIpc) is 2.69. The zero-order valence-electron chi connectivity index (χ0n) is 15.3. The van der Waals surface area contributed by atoms with E-state index in [1.807, 2.05) is 6.07 Å². The van der Waals surface area contributed by atoms with Crippen LogP contribution in [0.2, 0.25) is 0 Å². The minimum absolute atomic E-state index is 0.453. The zero-order chi connectivity index (χ0) is 17.3. The predicted molar refractivity (Wildman–Crippen MR) is 104 cm³/mol. The molecule has 25 heavy (non-hydrogen) atoms. The lowest BCUT2D eigenvalue weighted by Gasteiger charge is -2.36. The fraction of sp³-hybridized carbons (Fsp3) is 0.455. The Hall–Kier alpha value is -1.84. The third kappa shape index (κ3) is 5.07. The summed E-state index contributed by atoms with van der Waals surface area (Å²) in [5.74, 6) is 1.03. The molecule has 0 aromatic heterocycles. The minimum atomic E-state index is 0.453. The lowest BCUT2D eigenvalue weighted by molar-refractivity contribution is 0.158. The Morgan fingerprint density at radius 1 is 1.00 bits per heavy atom. The summed E-state index contributed by atoms with van der Waals surface area (Å²) in [6.45, 7) is 7.28. The highest BCUT2D eigenvalue weighted by molar-refractivity contribution is 5.36. The first-order chi connectivity index (χ1) is 12.4. The summed E-state index contributed by atoms with van der Waals surface area (Å²) >= 11 is 0. The Bertz CT molecular complexity index is 623. The van der Waals surface area contributed by atoms with Gasteiger partial charge in [0.1, 0.15) is 12.4 Å². The van der Waals surface area contributed by atoms with E-state index < -0.39 is 0 Å². The molecular weight excluding hydrogens is 308 g/mol. The third-order valence-electron chi connectivity index (χ3n) is 4.94. The number of nitrogens with zero attached hydrogens (tertiary/aromatic N) is 1. The van der Waals surface area contributed by atoms with Crippen LogP contribution in [0.25, 0.3) is 0 Å². The maximum atomic E-state index is 6.23. The van der Waals surface area contributed by atoms with Gasteiger partial charge in [0.15, 0.2) is 0 Å². The van der Waals surface area contributed by atoms with Gasteiger partial charge in [0.2, 0.25) is 0 Å². The van der Waals surface area contributed by atoms with Crippen molar-refractivity contribution < 1.29 is 4.74 Å². The molecule has 1 fully saturated rings. The maximum Gasteiger partial charge on any atom is 0.124 e. The SMILES string of the molecule is CCCCC(c1ccccc1OCc1ccccc1)N1CCNCC1. The highest BCUT2D eigenvalue weighted by Gasteiger charge is 2.24. The standard InChI is InChI=1S/C22H30N2O/c1-2-3-12-21(24-16-14-23-15-17-24)20-11-7-8-13-22(20)25-18-19-9-5-4-6-10-19/h4-11,13,21,23H,2-3,12,14-18H2,1H3. The van der Waals surface area contributed by atoms with E-state index in [1.165, 1.54) is 30.4 Å². The molecule has 1 heterocycles. The van der Waals surface area contributed by atoms with Crippen molar-refractivity contribution in [3.63, 3.8) is 0 Å². The van der Waals surface area contributed by atoms with Crippen molar-refractivity contribution in [3.8, 4) is 5.75 Å². The lowest BCUT2D eigenvalue weighted by atomic mass is 9.97. The number of ether oxygens (including phenoxy) is 1. The van der Waals surface area contributed by atoms with Crippen LogP contribution in [0.4, 0.5) is 0 Å². The summed E-state index contributed by atoms with van der Waals surface area (Å²) in [7, 11) is 0. The van der Waals surface area contributed by atoms with Gasteiger partial charge < -0.3 is 10.1 Å². The molecule has 2 aromatic carbocycles. The van der Waals surface area contributed by atoms with Crippen molar-refractivity contribution in [2.45, 2.75) is 38.8 Å². The van der Waals surface area contributed by atoms with E-state index in [4.69, 9.17) is 4.74 Å². The highest BCUT2D eigenvalue weighted by atomic mass is 16.5. The van der Waals surface area contributed by atoms with Crippen LogP contribution in [0.3, 0.4) is 0 Å². The molecule has 134 valence electrons. The summed E-state index contributed by atoms with van der Waals surface area (Å²) < 4.78 is 6.23. The van der Waals surface area contributed by atoms with E-state index in [2.05, 4.69) is 65.7 Å². The summed E-state index contributed by atoms with van der Waals surface area (Å²) in [6.07, 6.45) is 3.68. The Kier molecular flexibility index (Phi) is 6.89. The van der Waals surface area contributed by atoms with Crippen LogP contribution in [-0.2, 0) is 6.61 Å². The molecule has 0 bridgehead atoms. The zero-order valence-corrected chi connectivity index (χ0v) is 15.3. The number of hydrogen-bond donors (Lipinski definition) is 1. The third-order valence-corrected chi connectivity index (χ3v) is 4.94. The van der Waals surface area contributed by atoms with E-state index >= 15 is 0 Å². The van der Waals surface area contributed by atoms with Gasteiger partial charge in [0.05, 0.1) is 0 Å². The Morgan fingerprint density at radius 3 is 2.48 bits per heavy atom. The molecule has 3 rings (SSSR count). The minimum Gasteiger partial charge on any atom is -0.489 e. The second-order valence-electron chi connectivity index (χ2n) is 6.76. The molecule has 1 N–H and O–H groups in total. The van der Waals surface area contributed by atoms with E-state index in [9.17, 15) is 0 Å². The first kappa shape index (κ1) is 18.0. The number of hydrogen-bond acceptors (Lipinski definition) is 3. The van der Waals surface area contributed by atoms with Gasteiger partial charge in [-0.2, -0.15) is 0 Å². The molecule has 3 nitrogen and oxygen atoms in total. The molecule has 0 saturated carbocycles. The molecule has 0 aliphatic carbocycles. The summed E-state index contributed by atoms with van der Waals surface area (Å²) in [5.41, 5.74) is 2.55. The van der Waals surface area contributed by atoms with Crippen molar-refractivity contribution in [2.24, 2.45) is 0 Å². The topological polar surface area (TPSA) is 24.5 Å². The molecule has 0 spiro atoms. The van der Waals surface area contributed by atoms with E-state index in [0.717, 1.165) is 31.9 Å². The second kappa shape index (κ2) is 9.59. The molecule has 0 radical (unpaired) electrons. The molecule has 3 heteroatoms. The van der Waals surface area contributed by atoms with Gasteiger partial charge in [-0.1, -0.05) is 68.3 Å². The van der Waals surface area contributed by atoms with Gasteiger partial charge in [0.25, 0.3) is 0 Å². The predicted octanol–water partition coefficient (Wildman–Crippen LogP) is 4.40. The van der Waals surface area contributed by atoms with Crippen molar-refractivity contribution >= 4 is 0 Å². The Labute approximate surface area is 152 Å². The smallest absolute Gasteiger partial charge is 0.124 e. The molecule has 1 unspecified atom stereocenters. The number of rotatable bonds is 8. The van der Waals surface area contributed by atoms with Gasteiger partial charge >= 0.3 is 0 Å². The van der Waals surface area contributed by atoms with Crippen LogP contribution < -0.4 is 10.1 Å². The van der Waals surface area contributed by atoms with Gasteiger partial charge in [0, 0.05) is 37.8 Å². The summed E-state index contributed by atoms with van der Waals surface area (Å²) in [5, 5.41) is 3.47. The van der Waals surface area contributed by atoms with E-state index in [0.29, 0.717) is 12.6 Å². The van der Waals surface area contributed by atoms with Crippen LogP contribution in [0.1, 0.15) is 43.4 Å². The van der Waals surface area contributed by atoms with Gasteiger partial charge in [-0.25, -0.2) is 0 Å². The normalized spacial score (nSPS) is 16.5. The van der Waals surface area contributed by atoms with Crippen molar-refractivity contribution in [3.05, 3.63) is 65.7 Å². The quantitative estimate of drug-likeness (QED) is 0.772. The molecule has 1 saturated heterocycles. The monoisotopic (exact) mass is 338 g/mol. The number of piperazine rings is 1. The molecular formula is C22H30N2O. The molecule has 1 atom stereocenters. The van der Waals surface area contributed by atoms with Gasteiger partial charge in [-0.3, -0.25) is 4.90 Å². The van der Waals surface area contributed by atoms with Crippen LogP contribution in [0.5, 0.6) is 5.75 Å². The molecule has 1 aliphatic rings. The number of benzene rings is 2. The number of para-hydroxylation sites is 1. The summed E-state index contributed by atoms with van der Waals surface area (Å²) in [4.78, 5) is 2.62. The maximum absolute atomic E-state index is 6.23. The van der Waals surface area contributed by atoms with Gasteiger partial charge in [-0.05, 0) is 18.1 Å². The summed E-state index contributed by atoms with van der Waals surface area (Å²) in [6, 6.07) is 19.5. The first-order valence-electron chi connectivity index (χ1n) is 9.59. The average molecular weight is 338 g/mol. The first-order valence-corrected chi connectivity index (χ1v) is 9.59. The largest absolute Gasteiger partial charge is 0.489 e. The number of unbranched alkanes of at least 4 members (excludes halogenated alkanes) is 1. The molecule has 0 amide bonds. The highest BCUT2D eigenvalue weighted by Crippen LogP contribution is 2.33. The van der Waals surface area contributed by atoms with Crippen LogP contribution in [0.15, 0.2) is 54.6 Å². The molecule has 2 aromatic rings. The van der Waals surface area contributed by atoms with E-state index in [-0.39, 0.29) is 0 Å². The van der Waals surface area contributed by atoms with Crippen LogP contribution >= 0.6 is 0 Å². The van der Waals surface area contributed by atoms with Gasteiger partial charge in [-0.15, -0.1) is 0 Å². The lowest BCUT2D eigenvalue weighted by Crippen LogP contribution is -2.45.